The van der Waals surface area contributed by atoms with Crippen LogP contribution in [0, 0.1) is 18.8 Å². The molecule has 0 radical (unpaired) electrons. The van der Waals surface area contributed by atoms with Crippen LogP contribution in [0.3, 0.4) is 0 Å². The van der Waals surface area contributed by atoms with E-state index >= 15 is 0 Å². The predicted octanol–water partition coefficient (Wildman–Crippen LogP) is 3.60. The smallest absolute Gasteiger partial charge is 0.0597 e. The summed E-state index contributed by atoms with van der Waals surface area (Å²) in [6, 6.07) is 2.73. The Hall–Kier alpha value is -0.830. The molecule has 0 spiro atoms. The number of aryl methyl sites for hydroxylation is 2. The van der Waals surface area contributed by atoms with Crippen molar-refractivity contribution in [3.63, 3.8) is 0 Å². The molecule has 19 heavy (non-hydrogen) atoms. The zero-order valence-corrected chi connectivity index (χ0v) is 12.9. The van der Waals surface area contributed by atoms with Crippen molar-refractivity contribution in [3.8, 4) is 0 Å². The fourth-order valence-corrected chi connectivity index (χ4v) is 3.58. The van der Waals surface area contributed by atoms with Crippen LogP contribution >= 0.6 is 0 Å². The maximum absolute atomic E-state index is 4.52. The highest BCUT2D eigenvalue weighted by Crippen LogP contribution is 2.37. The van der Waals surface area contributed by atoms with Crippen LogP contribution in [-0.4, -0.2) is 16.3 Å². The lowest BCUT2D eigenvalue weighted by Crippen LogP contribution is -2.32. The Kier molecular flexibility index (Phi) is 5.03. The van der Waals surface area contributed by atoms with Crippen LogP contribution in [0.1, 0.15) is 63.4 Å². The Bertz CT molecular complexity index is 389. The van der Waals surface area contributed by atoms with Crippen molar-refractivity contribution in [1.29, 1.82) is 0 Å². The molecule has 3 nitrogen and oxygen atoms in total. The van der Waals surface area contributed by atoms with Crippen LogP contribution in [0.5, 0.6) is 0 Å². The summed E-state index contributed by atoms with van der Waals surface area (Å²) in [5.41, 5.74) is 2.49. The van der Waals surface area contributed by atoms with E-state index in [0.29, 0.717) is 6.04 Å². The van der Waals surface area contributed by atoms with E-state index in [-0.39, 0.29) is 0 Å². The van der Waals surface area contributed by atoms with Crippen LogP contribution < -0.4 is 5.32 Å². The van der Waals surface area contributed by atoms with Gasteiger partial charge in [0, 0.05) is 7.05 Å². The number of aromatic nitrogens is 2. The summed E-state index contributed by atoms with van der Waals surface area (Å²) >= 11 is 0. The monoisotopic (exact) mass is 263 g/mol. The van der Waals surface area contributed by atoms with Gasteiger partial charge in [0.15, 0.2) is 0 Å². The molecule has 1 fully saturated rings. The molecule has 1 heterocycles. The van der Waals surface area contributed by atoms with E-state index in [1.807, 2.05) is 0 Å². The van der Waals surface area contributed by atoms with E-state index in [0.717, 1.165) is 24.1 Å². The molecule has 1 unspecified atom stereocenters. The molecule has 1 saturated carbocycles. The van der Waals surface area contributed by atoms with E-state index in [4.69, 9.17) is 0 Å². The van der Waals surface area contributed by atoms with Crippen LogP contribution in [0.4, 0.5) is 0 Å². The molecule has 0 saturated heterocycles. The standard InChI is InChI=1S/C16H29N3/c1-5-13-7-9-14(10-8-13)16(17-6-2)15-11-12(3)18-19(15)4/h11,13-14,16-17H,5-10H2,1-4H3. The average molecular weight is 263 g/mol. The zero-order valence-electron chi connectivity index (χ0n) is 12.9. The molecular formula is C16H29N3. The third kappa shape index (κ3) is 3.38. The first-order chi connectivity index (χ1) is 9.15. The van der Waals surface area contributed by atoms with Gasteiger partial charge in [0.2, 0.25) is 0 Å². The van der Waals surface area contributed by atoms with Gasteiger partial charge in [-0.3, -0.25) is 4.68 Å². The lowest BCUT2D eigenvalue weighted by molar-refractivity contribution is 0.215. The van der Waals surface area contributed by atoms with E-state index in [2.05, 4.69) is 49.0 Å². The Morgan fingerprint density at radius 1 is 1.32 bits per heavy atom. The van der Waals surface area contributed by atoms with Gasteiger partial charge in [-0.15, -0.1) is 0 Å². The second-order valence-corrected chi connectivity index (χ2v) is 6.06. The van der Waals surface area contributed by atoms with Gasteiger partial charge >= 0.3 is 0 Å². The first-order valence-corrected chi connectivity index (χ1v) is 7.89. The Morgan fingerprint density at radius 2 is 2.00 bits per heavy atom. The molecule has 0 aromatic carbocycles. The third-order valence-electron chi connectivity index (χ3n) is 4.72. The zero-order chi connectivity index (χ0) is 13.8. The predicted molar refractivity (Wildman–Crippen MR) is 80.1 cm³/mol. The van der Waals surface area contributed by atoms with Crippen molar-refractivity contribution >= 4 is 0 Å². The van der Waals surface area contributed by atoms with Crippen molar-refractivity contribution in [1.82, 2.24) is 15.1 Å². The number of hydrogen-bond donors (Lipinski definition) is 1. The number of hydrogen-bond acceptors (Lipinski definition) is 2. The van der Waals surface area contributed by atoms with Gasteiger partial charge in [-0.25, -0.2) is 0 Å². The number of rotatable bonds is 5. The van der Waals surface area contributed by atoms with E-state index in [1.54, 1.807) is 0 Å². The Labute approximate surface area is 117 Å². The molecule has 1 aliphatic rings. The minimum absolute atomic E-state index is 0.481. The first-order valence-electron chi connectivity index (χ1n) is 7.89. The second kappa shape index (κ2) is 6.56. The first kappa shape index (κ1) is 14.6. The minimum Gasteiger partial charge on any atom is -0.309 e. The third-order valence-corrected chi connectivity index (χ3v) is 4.72. The van der Waals surface area contributed by atoms with Crippen LogP contribution in [0.15, 0.2) is 6.07 Å². The summed E-state index contributed by atoms with van der Waals surface area (Å²) < 4.78 is 2.06. The minimum atomic E-state index is 0.481. The average Bonchev–Trinajstić information content (AvgIpc) is 2.75. The van der Waals surface area contributed by atoms with Crippen molar-refractivity contribution in [2.75, 3.05) is 6.54 Å². The highest BCUT2D eigenvalue weighted by atomic mass is 15.3. The second-order valence-electron chi connectivity index (χ2n) is 6.06. The molecule has 1 aromatic heterocycles. The molecule has 1 aliphatic carbocycles. The summed E-state index contributed by atoms with van der Waals surface area (Å²) in [6.45, 7) is 7.65. The van der Waals surface area contributed by atoms with Gasteiger partial charge in [0.05, 0.1) is 17.4 Å². The van der Waals surface area contributed by atoms with Crippen molar-refractivity contribution < 1.29 is 0 Å². The molecule has 1 N–H and O–H groups in total. The van der Waals surface area contributed by atoms with Crippen molar-refractivity contribution in [2.24, 2.45) is 18.9 Å². The molecule has 0 bridgehead atoms. The molecule has 2 rings (SSSR count). The molecular weight excluding hydrogens is 234 g/mol. The quantitative estimate of drug-likeness (QED) is 0.879. The topological polar surface area (TPSA) is 29.9 Å². The lowest BCUT2D eigenvalue weighted by Gasteiger charge is -2.34. The van der Waals surface area contributed by atoms with E-state index in [1.165, 1.54) is 37.8 Å². The highest BCUT2D eigenvalue weighted by Gasteiger charge is 2.29. The van der Waals surface area contributed by atoms with Crippen molar-refractivity contribution in [2.45, 2.75) is 58.9 Å². The molecule has 1 atom stereocenters. The molecule has 3 heteroatoms. The molecule has 1 aromatic rings. The largest absolute Gasteiger partial charge is 0.309 e. The van der Waals surface area contributed by atoms with Gasteiger partial charge in [0.25, 0.3) is 0 Å². The van der Waals surface area contributed by atoms with Gasteiger partial charge in [0.1, 0.15) is 0 Å². The molecule has 108 valence electrons. The normalized spacial score (nSPS) is 25.5. The fraction of sp³-hybridized carbons (Fsp3) is 0.812. The summed E-state index contributed by atoms with van der Waals surface area (Å²) in [5.74, 6) is 1.74. The van der Waals surface area contributed by atoms with Crippen molar-refractivity contribution in [3.05, 3.63) is 17.5 Å². The fourth-order valence-electron chi connectivity index (χ4n) is 3.58. The molecule has 0 amide bonds. The summed E-state index contributed by atoms with van der Waals surface area (Å²) in [4.78, 5) is 0. The number of nitrogens with zero attached hydrogens (tertiary/aromatic N) is 2. The Morgan fingerprint density at radius 3 is 2.47 bits per heavy atom. The van der Waals surface area contributed by atoms with E-state index < -0.39 is 0 Å². The van der Waals surface area contributed by atoms with Crippen LogP contribution in [0.25, 0.3) is 0 Å². The van der Waals surface area contributed by atoms with Gasteiger partial charge in [-0.1, -0.05) is 33.1 Å². The van der Waals surface area contributed by atoms with Gasteiger partial charge in [-0.05, 0) is 44.2 Å². The Balaban J connectivity index is 2.10. The summed E-state index contributed by atoms with van der Waals surface area (Å²) in [6.07, 6.45) is 6.88. The van der Waals surface area contributed by atoms with Gasteiger partial charge < -0.3 is 5.32 Å². The summed E-state index contributed by atoms with van der Waals surface area (Å²) in [5, 5.41) is 8.21. The van der Waals surface area contributed by atoms with Crippen LogP contribution in [0.2, 0.25) is 0 Å². The SMILES string of the molecule is CCNC(c1cc(C)nn1C)C1CCC(CC)CC1. The summed E-state index contributed by atoms with van der Waals surface area (Å²) in [7, 11) is 2.07. The highest BCUT2D eigenvalue weighted by molar-refractivity contribution is 5.14. The van der Waals surface area contributed by atoms with Crippen LogP contribution in [-0.2, 0) is 7.05 Å². The van der Waals surface area contributed by atoms with Gasteiger partial charge in [-0.2, -0.15) is 5.10 Å². The van der Waals surface area contributed by atoms with E-state index in [9.17, 15) is 0 Å². The number of nitrogens with one attached hydrogen (secondary N) is 1. The maximum atomic E-state index is 4.52. The molecule has 0 aliphatic heterocycles. The maximum Gasteiger partial charge on any atom is 0.0597 e. The lowest BCUT2D eigenvalue weighted by atomic mass is 9.77.